The van der Waals surface area contributed by atoms with Gasteiger partial charge in [0.05, 0.1) is 0 Å². The Labute approximate surface area is 131 Å². The summed E-state index contributed by atoms with van der Waals surface area (Å²) in [5.41, 5.74) is 0.773. The van der Waals surface area contributed by atoms with E-state index in [1.54, 1.807) is 12.1 Å². The van der Waals surface area contributed by atoms with E-state index in [9.17, 15) is 9.59 Å². The zero-order chi connectivity index (χ0) is 15.9. The standard InChI is InChI=1S/C17H25N3O2/c1-12(2)19-16(21)13-9-10-18-15(11-13)17(22)20-14-7-5-3-4-6-8-14/h9-12,14H,3-8H2,1-2H3,(H,19,21)(H,20,22). The number of hydrogen-bond acceptors (Lipinski definition) is 3. The molecule has 1 aliphatic rings. The maximum Gasteiger partial charge on any atom is 0.270 e. The van der Waals surface area contributed by atoms with Crippen molar-refractivity contribution in [3.8, 4) is 0 Å². The predicted molar refractivity (Wildman–Crippen MR) is 85.8 cm³/mol. The second-order valence-electron chi connectivity index (χ2n) is 6.22. The third-order valence-corrected chi connectivity index (χ3v) is 3.86. The van der Waals surface area contributed by atoms with Gasteiger partial charge in [0, 0.05) is 23.8 Å². The Morgan fingerprint density at radius 3 is 2.45 bits per heavy atom. The maximum atomic E-state index is 12.3. The molecule has 22 heavy (non-hydrogen) atoms. The van der Waals surface area contributed by atoms with Gasteiger partial charge in [-0.25, -0.2) is 0 Å². The Kier molecular flexibility index (Phi) is 5.92. The first-order chi connectivity index (χ1) is 10.6. The normalized spacial score (nSPS) is 16.1. The predicted octanol–water partition coefficient (Wildman–Crippen LogP) is 2.67. The molecule has 0 atom stereocenters. The number of hydrogen-bond donors (Lipinski definition) is 2. The molecule has 1 heterocycles. The summed E-state index contributed by atoms with van der Waals surface area (Å²) in [5.74, 6) is -0.369. The SMILES string of the molecule is CC(C)NC(=O)c1ccnc(C(=O)NC2CCCCCC2)c1. The van der Waals surface area contributed by atoms with Crippen LogP contribution in [0.25, 0.3) is 0 Å². The van der Waals surface area contributed by atoms with Crippen molar-refractivity contribution in [3.63, 3.8) is 0 Å². The van der Waals surface area contributed by atoms with Gasteiger partial charge in [0.2, 0.25) is 0 Å². The summed E-state index contributed by atoms with van der Waals surface area (Å²) in [6, 6.07) is 3.47. The molecule has 0 aliphatic heterocycles. The highest BCUT2D eigenvalue weighted by atomic mass is 16.2. The fourth-order valence-corrected chi connectivity index (χ4v) is 2.72. The third-order valence-electron chi connectivity index (χ3n) is 3.86. The van der Waals surface area contributed by atoms with Gasteiger partial charge < -0.3 is 10.6 Å². The molecule has 120 valence electrons. The van der Waals surface area contributed by atoms with Crippen molar-refractivity contribution in [1.29, 1.82) is 0 Å². The Bertz CT molecular complexity index is 520. The van der Waals surface area contributed by atoms with Gasteiger partial charge in [-0.05, 0) is 38.8 Å². The molecule has 5 nitrogen and oxygen atoms in total. The van der Waals surface area contributed by atoms with Crippen LogP contribution in [0.15, 0.2) is 18.3 Å². The summed E-state index contributed by atoms with van der Waals surface area (Å²) < 4.78 is 0. The number of aromatic nitrogens is 1. The molecule has 1 saturated carbocycles. The lowest BCUT2D eigenvalue weighted by atomic mass is 10.1. The molecular formula is C17H25N3O2. The quantitative estimate of drug-likeness (QED) is 0.840. The van der Waals surface area contributed by atoms with Crippen LogP contribution in [-0.4, -0.2) is 28.9 Å². The maximum absolute atomic E-state index is 12.3. The zero-order valence-corrected chi connectivity index (χ0v) is 13.4. The molecule has 2 amide bonds. The molecule has 1 aliphatic carbocycles. The van der Waals surface area contributed by atoms with Crippen LogP contribution in [0.2, 0.25) is 0 Å². The molecule has 5 heteroatoms. The number of rotatable bonds is 4. The van der Waals surface area contributed by atoms with Crippen molar-refractivity contribution in [2.24, 2.45) is 0 Å². The van der Waals surface area contributed by atoms with Gasteiger partial charge in [-0.2, -0.15) is 0 Å². The van der Waals surface area contributed by atoms with Crippen molar-refractivity contribution in [1.82, 2.24) is 15.6 Å². The highest BCUT2D eigenvalue weighted by molar-refractivity contribution is 5.98. The van der Waals surface area contributed by atoms with Crippen molar-refractivity contribution >= 4 is 11.8 Å². The van der Waals surface area contributed by atoms with Crippen LogP contribution in [-0.2, 0) is 0 Å². The highest BCUT2D eigenvalue weighted by Crippen LogP contribution is 2.17. The lowest BCUT2D eigenvalue weighted by Crippen LogP contribution is -2.35. The average molecular weight is 303 g/mol. The van der Waals surface area contributed by atoms with Crippen LogP contribution >= 0.6 is 0 Å². The molecule has 1 fully saturated rings. The molecular weight excluding hydrogens is 278 g/mol. The molecule has 2 N–H and O–H groups in total. The average Bonchev–Trinajstić information content (AvgIpc) is 2.75. The largest absolute Gasteiger partial charge is 0.350 e. The molecule has 2 rings (SSSR count). The van der Waals surface area contributed by atoms with Crippen LogP contribution in [0.3, 0.4) is 0 Å². The number of carbonyl (C=O) groups excluding carboxylic acids is 2. The van der Waals surface area contributed by atoms with Gasteiger partial charge >= 0.3 is 0 Å². The number of carbonyl (C=O) groups is 2. The van der Waals surface area contributed by atoms with Crippen LogP contribution in [0.4, 0.5) is 0 Å². The molecule has 0 bridgehead atoms. The van der Waals surface area contributed by atoms with E-state index in [0.29, 0.717) is 11.3 Å². The molecule has 1 aromatic heterocycles. The first kappa shape index (κ1) is 16.5. The Balaban J connectivity index is 2.01. The van der Waals surface area contributed by atoms with E-state index in [-0.39, 0.29) is 23.9 Å². The summed E-state index contributed by atoms with van der Waals surface area (Å²) in [4.78, 5) is 28.4. The fourth-order valence-electron chi connectivity index (χ4n) is 2.72. The summed E-state index contributed by atoms with van der Waals surface area (Å²) in [6.07, 6.45) is 8.38. The molecule has 0 spiro atoms. The van der Waals surface area contributed by atoms with Gasteiger partial charge in [-0.15, -0.1) is 0 Å². The smallest absolute Gasteiger partial charge is 0.270 e. The lowest BCUT2D eigenvalue weighted by Gasteiger charge is -2.16. The van der Waals surface area contributed by atoms with E-state index in [2.05, 4.69) is 15.6 Å². The monoisotopic (exact) mass is 303 g/mol. The van der Waals surface area contributed by atoms with Gasteiger partial charge in [0.15, 0.2) is 0 Å². The van der Waals surface area contributed by atoms with E-state index in [4.69, 9.17) is 0 Å². The Hall–Kier alpha value is -1.91. The summed E-state index contributed by atoms with van der Waals surface area (Å²) in [7, 11) is 0. The van der Waals surface area contributed by atoms with Gasteiger partial charge in [-0.1, -0.05) is 25.7 Å². The van der Waals surface area contributed by atoms with Crippen molar-refractivity contribution in [2.45, 2.75) is 64.5 Å². The van der Waals surface area contributed by atoms with Gasteiger partial charge in [0.1, 0.15) is 5.69 Å². The number of nitrogens with one attached hydrogen (secondary N) is 2. The van der Waals surface area contributed by atoms with E-state index in [1.165, 1.54) is 19.0 Å². The third kappa shape index (κ3) is 4.83. The topological polar surface area (TPSA) is 71.1 Å². The van der Waals surface area contributed by atoms with E-state index >= 15 is 0 Å². The summed E-state index contributed by atoms with van der Waals surface area (Å²) in [6.45, 7) is 3.80. The van der Waals surface area contributed by atoms with E-state index in [0.717, 1.165) is 25.7 Å². The fraction of sp³-hybridized carbons (Fsp3) is 0.588. The van der Waals surface area contributed by atoms with Crippen molar-refractivity contribution < 1.29 is 9.59 Å². The molecule has 1 aromatic rings. The number of nitrogens with zero attached hydrogens (tertiary/aromatic N) is 1. The van der Waals surface area contributed by atoms with Gasteiger partial charge in [0.25, 0.3) is 11.8 Å². The minimum Gasteiger partial charge on any atom is -0.350 e. The van der Waals surface area contributed by atoms with E-state index in [1.807, 2.05) is 13.8 Å². The highest BCUT2D eigenvalue weighted by Gasteiger charge is 2.17. The van der Waals surface area contributed by atoms with Gasteiger partial charge in [-0.3, -0.25) is 14.6 Å². The minimum absolute atomic E-state index is 0.0592. The van der Waals surface area contributed by atoms with Crippen molar-refractivity contribution in [3.05, 3.63) is 29.6 Å². The molecule has 0 aromatic carbocycles. The first-order valence-corrected chi connectivity index (χ1v) is 8.14. The Morgan fingerprint density at radius 2 is 1.82 bits per heavy atom. The van der Waals surface area contributed by atoms with Crippen LogP contribution in [0, 0.1) is 0 Å². The van der Waals surface area contributed by atoms with Crippen LogP contribution in [0.5, 0.6) is 0 Å². The van der Waals surface area contributed by atoms with Crippen LogP contribution in [0.1, 0.15) is 73.2 Å². The first-order valence-electron chi connectivity index (χ1n) is 8.14. The lowest BCUT2D eigenvalue weighted by molar-refractivity contribution is 0.0928. The Morgan fingerprint density at radius 1 is 1.14 bits per heavy atom. The zero-order valence-electron chi connectivity index (χ0n) is 13.4. The molecule has 0 unspecified atom stereocenters. The second kappa shape index (κ2) is 7.92. The molecule has 0 radical (unpaired) electrons. The summed E-state index contributed by atoms with van der Waals surface area (Å²) in [5, 5.41) is 5.87. The van der Waals surface area contributed by atoms with Crippen molar-refractivity contribution in [2.75, 3.05) is 0 Å². The minimum atomic E-state index is -0.189. The number of amides is 2. The number of pyridine rings is 1. The second-order valence-corrected chi connectivity index (χ2v) is 6.22. The van der Waals surface area contributed by atoms with Crippen LogP contribution < -0.4 is 10.6 Å². The van der Waals surface area contributed by atoms with E-state index < -0.39 is 0 Å². The summed E-state index contributed by atoms with van der Waals surface area (Å²) >= 11 is 0. The molecule has 0 saturated heterocycles.